The minimum Gasteiger partial charge on any atom is -0.334 e. The first-order valence-corrected chi connectivity index (χ1v) is 27.6. The van der Waals surface area contributed by atoms with Gasteiger partial charge >= 0.3 is 0 Å². The second kappa shape index (κ2) is 15.9. The number of benzene rings is 9. The molecule has 340 valence electrons. The van der Waals surface area contributed by atoms with Gasteiger partial charge in [-0.05, 0) is 121 Å². The van der Waals surface area contributed by atoms with Crippen molar-refractivity contribution in [3.8, 4) is 22.3 Å². The van der Waals surface area contributed by atoms with Gasteiger partial charge in [-0.15, -0.1) is 0 Å². The van der Waals surface area contributed by atoms with Crippen LogP contribution in [0.4, 0.5) is 28.4 Å². The molecule has 9 aromatic carbocycles. The van der Waals surface area contributed by atoms with E-state index in [1.165, 1.54) is 118 Å². The van der Waals surface area contributed by atoms with Crippen LogP contribution in [0.5, 0.6) is 0 Å². The number of para-hydroxylation sites is 2. The van der Waals surface area contributed by atoms with Gasteiger partial charge in [0.1, 0.15) is 0 Å². The molecule has 9 aromatic rings. The quantitative estimate of drug-likeness (QED) is 0.153. The molecular weight excluding hydrogens is 860 g/mol. The normalized spacial score (nSPS) is 19.4. The van der Waals surface area contributed by atoms with Crippen LogP contribution in [0.2, 0.25) is 0 Å². The fourth-order valence-corrected chi connectivity index (χ4v) is 19.1. The van der Waals surface area contributed by atoms with Gasteiger partial charge in [0.25, 0.3) is 0 Å². The van der Waals surface area contributed by atoms with Gasteiger partial charge in [-0.1, -0.05) is 228 Å². The van der Waals surface area contributed by atoms with Gasteiger partial charge in [-0.2, -0.15) is 0 Å². The molecule has 0 amide bonds. The molecule has 2 atom stereocenters. The first kappa shape index (κ1) is 42.9. The van der Waals surface area contributed by atoms with Gasteiger partial charge in [0, 0.05) is 33.7 Å². The Morgan fingerprint density at radius 1 is 0.471 bits per heavy atom. The second-order valence-electron chi connectivity index (χ2n) is 21.9. The number of hydrogen-bond donors (Lipinski definition) is 0. The van der Waals surface area contributed by atoms with E-state index in [1.54, 1.807) is 0 Å². The zero-order valence-corrected chi connectivity index (χ0v) is 42.1. The predicted octanol–water partition coefficient (Wildman–Crippen LogP) is 12.1. The molecule has 3 heterocycles. The Bertz CT molecular complexity index is 3430. The molecule has 0 saturated heterocycles. The second-order valence-corrected chi connectivity index (χ2v) is 25.6. The molecule has 70 heavy (non-hydrogen) atoms. The molecule has 13 rings (SSSR count). The van der Waals surface area contributed by atoms with Crippen molar-refractivity contribution < 1.29 is 0 Å². The van der Waals surface area contributed by atoms with E-state index in [0.29, 0.717) is 0 Å². The molecule has 3 aliphatic heterocycles. The maximum Gasteiger partial charge on any atom is 0.246 e. The highest BCUT2D eigenvalue weighted by molar-refractivity contribution is 7.26. The lowest BCUT2D eigenvalue weighted by Gasteiger charge is -2.51. The fraction of sp³-hybridized carbons (Fsp3) is 0.182. The average molecular weight is 919 g/mol. The Morgan fingerprint density at radius 3 is 1.80 bits per heavy atom. The monoisotopic (exact) mass is 918 g/mol. The van der Waals surface area contributed by atoms with Crippen molar-refractivity contribution in [1.82, 2.24) is 0 Å². The Hall–Kier alpha value is -7.14. The molecule has 0 bridgehead atoms. The summed E-state index contributed by atoms with van der Waals surface area (Å²) in [6.07, 6.45) is 4.87. The maximum atomic E-state index is 2.77. The zero-order chi connectivity index (χ0) is 47.4. The molecule has 0 spiro atoms. The maximum absolute atomic E-state index is 3.04. The summed E-state index contributed by atoms with van der Waals surface area (Å²) in [6.45, 7) is 12.0. The van der Waals surface area contributed by atoms with Crippen molar-refractivity contribution in [2.24, 2.45) is 0 Å². The van der Waals surface area contributed by atoms with Crippen LogP contribution in [0, 0.1) is 0 Å². The smallest absolute Gasteiger partial charge is 0.246 e. The summed E-state index contributed by atoms with van der Waals surface area (Å²) < 4.78 is 0. The third-order valence-corrected chi connectivity index (χ3v) is 22.2. The lowest BCUT2D eigenvalue weighted by Crippen LogP contribution is -2.87. The minimum atomic E-state index is -3.04. The van der Waals surface area contributed by atoms with E-state index in [0.717, 1.165) is 6.42 Å². The van der Waals surface area contributed by atoms with Crippen LogP contribution in [0.3, 0.4) is 0 Å². The molecule has 2 unspecified atom stereocenters. The van der Waals surface area contributed by atoms with E-state index in [9.17, 15) is 0 Å². The van der Waals surface area contributed by atoms with Crippen LogP contribution in [0.1, 0.15) is 71.4 Å². The van der Waals surface area contributed by atoms with Crippen LogP contribution in [-0.4, -0.2) is 20.3 Å². The van der Waals surface area contributed by atoms with E-state index < -0.39 is 8.07 Å². The molecule has 4 aliphatic rings. The van der Waals surface area contributed by atoms with Gasteiger partial charge in [0.15, 0.2) is 8.07 Å². The van der Waals surface area contributed by atoms with E-state index >= 15 is 0 Å². The molecule has 0 aromatic heterocycles. The number of rotatable bonds is 6. The molecule has 1 fully saturated rings. The Balaban J connectivity index is 1.17. The highest BCUT2D eigenvalue weighted by Crippen LogP contribution is 2.61. The topological polar surface area (TPSA) is 6.48 Å². The molecule has 4 heteroatoms. The van der Waals surface area contributed by atoms with Crippen LogP contribution < -0.4 is 46.9 Å². The zero-order valence-electron chi connectivity index (χ0n) is 41.1. The summed E-state index contributed by atoms with van der Waals surface area (Å²) in [5.41, 5.74) is 18.3. The van der Waals surface area contributed by atoms with Crippen molar-refractivity contribution in [1.29, 1.82) is 0 Å². The first-order chi connectivity index (χ1) is 34.1. The van der Waals surface area contributed by atoms with Gasteiger partial charge in [0.05, 0.1) is 11.2 Å². The third kappa shape index (κ3) is 6.11. The summed E-state index contributed by atoms with van der Waals surface area (Å²) in [4.78, 5) is 5.43. The van der Waals surface area contributed by atoms with Gasteiger partial charge < -0.3 is 9.80 Å². The molecule has 1 saturated carbocycles. The summed E-state index contributed by atoms with van der Waals surface area (Å²) in [7, 11) is -3.04. The van der Waals surface area contributed by atoms with Crippen LogP contribution in [-0.2, 0) is 10.8 Å². The van der Waals surface area contributed by atoms with Gasteiger partial charge in [-0.25, -0.2) is 0 Å². The summed E-state index contributed by atoms with van der Waals surface area (Å²) >= 11 is 0. The average Bonchev–Trinajstić information content (AvgIpc) is 3.62. The predicted molar refractivity (Wildman–Crippen MR) is 302 cm³/mol. The largest absolute Gasteiger partial charge is 0.334 e. The van der Waals surface area contributed by atoms with Crippen LogP contribution in [0.25, 0.3) is 22.3 Å². The summed E-state index contributed by atoms with van der Waals surface area (Å²) in [5, 5.41) is 5.76. The highest BCUT2D eigenvalue weighted by Gasteiger charge is 2.58. The minimum absolute atomic E-state index is 0.00922. The van der Waals surface area contributed by atoms with Crippen LogP contribution >= 0.6 is 0 Å². The SMILES string of the molecule is CC(C)(C)c1ccc(-c2cc3c4c(c2)[Si](c2ccccc2)(c2ccccc2)c2ccccc2B4c2cc(N4c5ccccc5C5(C)CCCCC45C)ccc2N3c2ccccc2-c2ccccc2)cc1. The van der Waals surface area contributed by atoms with E-state index in [-0.39, 0.29) is 23.1 Å². The van der Waals surface area contributed by atoms with Crippen molar-refractivity contribution in [2.75, 3.05) is 9.80 Å². The lowest BCUT2D eigenvalue weighted by molar-refractivity contribution is 0.195. The number of anilines is 5. The molecular formula is C66H59BN2Si. The summed E-state index contributed by atoms with van der Waals surface area (Å²) in [5.74, 6) is 0. The van der Waals surface area contributed by atoms with E-state index in [2.05, 4.69) is 263 Å². The number of hydrogen-bond acceptors (Lipinski definition) is 2. The third-order valence-electron chi connectivity index (χ3n) is 17.3. The van der Waals surface area contributed by atoms with Crippen molar-refractivity contribution in [2.45, 2.75) is 76.7 Å². The Morgan fingerprint density at radius 2 is 1.09 bits per heavy atom. The highest BCUT2D eigenvalue weighted by atomic mass is 28.3. The summed E-state index contributed by atoms with van der Waals surface area (Å²) in [6, 6.07) is 84.4. The van der Waals surface area contributed by atoms with Gasteiger partial charge in [0.2, 0.25) is 6.71 Å². The lowest BCUT2D eigenvalue weighted by atomic mass is 9.34. The standard InChI is InChI=1S/C66H59BN2Si/c1-64(2,3)49-37-35-46(36-38-49)48-43-60-63-62(44-48)70(51-25-11-7-12-26-51,52-27-13-8-14-28-52)61-34-20-17-31-55(61)67(63)56-45-50(69-58-33-19-16-30-54(58)65(4)41-21-22-42-66(65,69)5)39-40-59(56)68(60)57-32-18-15-29-53(57)47-23-9-6-10-24-47/h6-20,23-40,43-45H,21-22,41-42H2,1-5H3. The fourth-order valence-electron chi connectivity index (χ4n) is 13.8. The number of nitrogens with zero attached hydrogens (tertiary/aromatic N) is 2. The van der Waals surface area contributed by atoms with E-state index in [1.807, 2.05) is 0 Å². The number of fused-ring (bicyclic) bond motifs is 7. The van der Waals surface area contributed by atoms with E-state index in [4.69, 9.17) is 0 Å². The Kier molecular flexibility index (Phi) is 9.78. The Labute approximate surface area is 416 Å². The van der Waals surface area contributed by atoms with Crippen LogP contribution in [0.15, 0.2) is 218 Å². The van der Waals surface area contributed by atoms with Crippen molar-refractivity contribution in [3.63, 3.8) is 0 Å². The first-order valence-electron chi connectivity index (χ1n) is 25.6. The van der Waals surface area contributed by atoms with Crippen molar-refractivity contribution >= 4 is 80.4 Å². The van der Waals surface area contributed by atoms with Crippen molar-refractivity contribution in [3.05, 3.63) is 230 Å². The molecule has 2 nitrogen and oxygen atoms in total. The molecule has 0 N–H and O–H groups in total. The van der Waals surface area contributed by atoms with Gasteiger partial charge in [-0.3, -0.25) is 0 Å². The molecule has 1 aliphatic carbocycles. The molecule has 0 radical (unpaired) electrons.